The minimum Gasteiger partial charge on any atom is -0.494 e. The van der Waals surface area contributed by atoms with Gasteiger partial charge in [-0.3, -0.25) is 9.79 Å². The number of carbonyl (C=O) groups excluding carboxylic acids is 1. The molecule has 2 aromatic carbocycles. The van der Waals surface area contributed by atoms with Crippen molar-refractivity contribution in [2.24, 2.45) is 4.99 Å². The van der Waals surface area contributed by atoms with Gasteiger partial charge < -0.3 is 25.6 Å². The van der Waals surface area contributed by atoms with Crippen molar-refractivity contribution in [2.45, 2.75) is 20.0 Å². The van der Waals surface area contributed by atoms with Crippen molar-refractivity contribution >= 4 is 35.8 Å². The van der Waals surface area contributed by atoms with E-state index in [4.69, 9.17) is 4.74 Å². The van der Waals surface area contributed by atoms with Gasteiger partial charge in [-0.05, 0) is 44.8 Å². The Labute approximate surface area is 202 Å². The maximum absolute atomic E-state index is 12.3. The van der Waals surface area contributed by atoms with E-state index in [1.807, 2.05) is 74.4 Å². The van der Waals surface area contributed by atoms with Crippen LogP contribution < -0.4 is 20.7 Å². The number of amides is 1. The number of nitrogens with one attached hydrogen (secondary N) is 3. The molecule has 0 heterocycles. The lowest BCUT2D eigenvalue weighted by Gasteiger charge is -2.15. The summed E-state index contributed by atoms with van der Waals surface area (Å²) in [6.07, 6.45) is 0. The zero-order valence-electron chi connectivity index (χ0n) is 18.8. The van der Waals surface area contributed by atoms with Crippen LogP contribution in [0.5, 0.6) is 5.75 Å². The van der Waals surface area contributed by atoms with Crippen LogP contribution >= 0.6 is 24.0 Å². The van der Waals surface area contributed by atoms with Crippen LogP contribution in [-0.4, -0.2) is 57.6 Å². The summed E-state index contributed by atoms with van der Waals surface area (Å²) in [6, 6.07) is 15.6. The van der Waals surface area contributed by atoms with Crippen LogP contribution in [0.2, 0.25) is 0 Å². The molecule has 2 rings (SSSR count). The molecule has 0 saturated carbocycles. The van der Waals surface area contributed by atoms with Crippen LogP contribution in [0.1, 0.15) is 28.4 Å². The lowest BCUT2D eigenvalue weighted by Crippen LogP contribution is -2.36. The first-order chi connectivity index (χ1) is 14.5. The molecule has 0 aliphatic carbocycles. The van der Waals surface area contributed by atoms with E-state index in [1.165, 1.54) is 0 Å². The quantitative estimate of drug-likeness (QED) is 0.246. The molecule has 1 amide bonds. The van der Waals surface area contributed by atoms with Gasteiger partial charge in [0.05, 0.1) is 6.61 Å². The summed E-state index contributed by atoms with van der Waals surface area (Å²) in [4.78, 5) is 18.6. The van der Waals surface area contributed by atoms with Crippen molar-refractivity contribution in [2.75, 3.05) is 40.8 Å². The lowest BCUT2D eigenvalue weighted by molar-refractivity contribution is 0.0951. The molecule has 3 N–H and O–H groups in total. The number of rotatable bonds is 10. The summed E-state index contributed by atoms with van der Waals surface area (Å²) in [6.45, 7) is 5.19. The van der Waals surface area contributed by atoms with Gasteiger partial charge in [0, 0.05) is 44.4 Å². The number of hydrogen-bond acceptors (Lipinski definition) is 4. The third-order valence-corrected chi connectivity index (χ3v) is 4.44. The van der Waals surface area contributed by atoms with Crippen molar-refractivity contribution in [3.05, 3.63) is 65.2 Å². The van der Waals surface area contributed by atoms with Gasteiger partial charge in [0.1, 0.15) is 5.75 Å². The molecule has 170 valence electrons. The second-order valence-electron chi connectivity index (χ2n) is 7.08. The molecule has 0 unspecified atom stereocenters. The van der Waals surface area contributed by atoms with Crippen molar-refractivity contribution in [1.82, 2.24) is 20.9 Å². The fraction of sp³-hybridized carbons (Fsp3) is 0.391. The van der Waals surface area contributed by atoms with Crippen molar-refractivity contribution in [3.63, 3.8) is 0 Å². The molecule has 0 aliphatic rings. The number of benzene rings is 2. The summed E-state index contributed by atoms with van der Waals surface area (Å²) in [7, 11) is 5.70. The van der Waals surface area contributed by atoms with Gasteiger partial charge in [-0.25, -0.2) is 0 Å². The first-order valence-corrected chi connectivity index (χ1v) is 10.2. The van der Waals surface area contributed by atoms with Gasteiger partial charge in [0.15, 0.2) is 5.96 Å². The van der Waals surface area contributed by atoms with Crippen LogP contribution in [-0.2, 0) is 13.1 Å². The number of halogens is 1. The number of likely N-dealkylation sites (N-methyl/N-ethyl adjacent to an activating group) is 1. The Morgan fingerprint density at radius 1 is 1.03 bits per heavy atom. The van der Waals surface area contributed by atoms with Gasteiger partial charge in [0.2, 0.25) is 0 Å². The number of ether oxygens (including phenoxy) is 1. The molecule has 0 aliphatic heterocycles. The van der Waals surface area contributed by atoms with E-state index in [-0.39, 0.29) is 29.9 Å². The highest BCUT2D eigenvalue weighted by molar-refractivity contribution is 14.0. The molecule has 0 bridgehead atoms. The highest BCUT2D eigenvalue weighted by Gasteiger charge is 2.07. The molecule has 0 spiro atoms. The smallest absolute Gasteiger partial charge is 0.251 e. The summed E-state index contributed by atoms with van der Waals surface area (Å²) >= 11 is 0. The van der Waals surface area contributed by atoms with Crippen molar-refractivity contribution < 1.29 is 9.53 Å². The Morgan fingerprint density at radius 2 is 1.77 bits per heavy atom. The molecule has 7 nitrogen and oxygen atoms in total. The summed E-state index contributed by atoms with van der Waals surface area (Å²) in [5, 5.41) is 9.54. The van der Waals surface area contributed by atoms with Gasteiger partial charge in [0.25, 0.3) is 5.91 Å². The monoisotopic (exact) mass is 539 g/mol. The van der Waals surface area contributed by atoms with Gasteiger partial charge in [-0.1, -0.05) is 30.3 Å². The van der Waals surface area contributed by atoms with Crippen molar-refractivity contribution in [1.29, 1.82) is 0 Å². The topological polar surface area (TPSA) is 78.0 Å². The Balaban J connectivity index is 0.00000480. The molecule has 0 aromatic heterocycles. The number of aliphatic imine (C=N–C) groups is 1. The first kappa shape index (κ1) is 26.7. The van der Waals surface area contributed by atoms with E-state index in [9.17, 15) is 4.79 Å². The maximum atomic E-state index is 12.3. The van der Waals surface area contributed by atoms with Crippen LogP contribution in [0.3, 0.4) is 0 Å². The molecule has 0 fully saturated rings. The van der Waals surface area contributed by atoms with Crippen LogP contribution in [0.15, 0.2) is 53.5 Å². The van der Waals surface area contributed by atoms with E-state index in [0.29, 0.717) is 37.8 Å². The van der Waals surface area contributed by atoms with Gasteiger partial charge >= 0.3 is 0 Å². The zero-order chi connectivity index (χ0) is 21.8. The predicted molar refractivity (Wildman–Crippen MR) is 137 cm³/mol. The van der Waals surface area contributed by atoms with E-state index in [0.717, 1.165) is 23.4 Å². The predicted octanol–water partition coefficient (Wildman–Crippen LogP) is 2.86. The fourth-order valence-corrected chi connectivity index (χ4v) is 2.85. The Bertz CT molecular complexity index is 842. The largest absolute Gasteiger partial charge is 0.494 e. The number of guanidine groups is 1. The van der Waals surface area contributed by atoms with Crippen LogP contribution in [0.25, 0.3) is 0 Å². The van der Waals surface area contributed by atoms with Crippen molar-refractivity contribution in [3.8, 4) is 5.75 Å². The molecule has 0 saturated heterocycles. The summed E-state index contributed by atoms with van der Waals surface area (Å²) in [5.41, 5.74) is 2.73. The Hall–Kier alpha value is -2.33. The Morgan fingerprint density at radius 3 is 2.48 bits per heavy atom. The highest BCUT2D eigenvalue weighted by Crippen LogP contribution is 2.17. The summed E-state index contributed by atoms with van der Waals surface area (Å²) < 4.78 is 5.67. The normalized spacial score (nSPS) is 10.9. The SMILES string of the molecule is CCOc1ccccc1CNC(=NC)NCc1cccc(C(=O)NCCN(C)C)c1.I. The third-order valence-electron chi connectivity index (χ3n) is 4.44. The number of carbonyl (C=O) groups is 1. The second kappa shape index (κ2) is 14.6. The molecular formula is C23H34IN5O2. The maximum Gasteiger partial charge on any atom is 0.251 e. The first-order valence-electron chi connectivity index (χ1n) is 10.2. The van der Waals surface area contributed by atoms with Gasteiger partial charge in [-0.15, -0.1) is 24.0 Å². The van der Waals surface area contributed by atoms with Crippen LogP contribution in [0.4, 0.5) is 0 Å². The average Bonchev–Trinajstić information content (AvgIpc) is 2.75. The molecule has 31 heavy (non-hydrogen) atoms. The Kier molecular flexibility index (Phi) is 12.6. The molecule has 0 radical (unpaired) electrons. The number of hydrogen-bond donors (Lipinski definition) is 3. The molecular weight excluding hydrogens is 505 g/mol. The summed E-state index contributed by atoms with van der Waals surface area (Å²) in [5.74, 6) is 1.49. The number of para-hydroxylation sites is 1. The average molecular weight is 539 g/mol. The molecule has 2 aromatic rings. The van der Waals surface area contributed by atoms with E-state index in [2.05, 4.69) is 20.9 Å². The highest BCUT2D eigenvalue weighted by atomic mass is 127. The molecule has 8 heteroatoms. The second-order valence-corrected chi connectivity index (χ2v) is 7.08. The van der Waals surface area contributed by atoms with E-state index < -0.39 is 0 Å². The van der Waals surface area contributed by atoms with E-state index in [1.54, 1.807) is 7.05 Å². The van der Waals surface area contributed by atoms with Crippen LogP contribution in [0, 0.1) is 0 Å². The van der Waals surface area contributed by atoms with E-state index >= 15 is 0 Å². The number of nitrogens with zero attached hydrogens (tertiary/aromatic N) is 2. The zero-order valence-corrected chi connectivity index (χ0v) is 21.1. The fourth-order valence-electron chi connectivity index (χ4n) is 2.85. The molecule has 0 atom stereocenters. The van der Waals surface area contributed by atoms with Gasteiger partial charge in [-0.2, -0.15) is 0 Å². The standard InChI is InChI=1S/C23H33N5O2.HI/c1-5-30-21-12-7-6-10-20(21)17-27-23(24-2)26-16-18-9-8-11-19(15-18)22(29)25-13-14-28(3)4;/h6-12,15H,5,13-14,16-17H2,1-4H3,(H,25,29)(H2,24,26,27);1H. The minimum atomic E-state index is -0.0614. The third kappa shape index (κ3) is 9.56. The lowest BCUT2D eigenvalue weighted by atomic mass is 10.1. The minimum absolute atomic E-state index is 0.